The van der Waals surface area contributed by atoms with Gasteiger partial charge in [-0.1, -0.05) is 6.08 Å². The molecule has 0 atom stereocenters. The van der Waals surface area contributed by atoms with Crippen LogP contribution < -0.4 is 0 Å². The molecule has 3 heteroatoms. The molecule has 0 aliphatic carbocycles. The van der Waals surface area contributed by atoms with Gasteiger partial charge >= 0.3 is 54.9 Å². The Bertz CT molecular complexity index is 77.8. The monoisotopic (exact) mass is 226 g/mol. The number of allylic oxidation sites excluding steroid dienone is 1. The first kappa shape index (κ1) is 10.7. The van der Waals surface area contributed by atoms with Gasteiger partial charge in [-0.15, -0.1) is 0 Å². The third-order valence-corrected chi connectivity index (χ3v) is 0.309. The molecule has 7 heavy (non-hydrogen) atoms. The molecule has 0 aliphatic rings. The fourth-order valence-electron chi connectivity index (χ4n) is 0.143. The molecule has 0 saturated carbocycles. The van der Waals surface area contributed by atoms with Crippen LogP contribution in [0.1, 0.15) is 6.92 Å². The van der Waals surface area contributed by atoms with E-state index in [1.54, 1.807) is 6.92 Å². The third kappa shape index (κ3) is 10.8. The van der Waals surface area contributed by atoms with E-state index in [1.165, 1.54) is 6.08 Å². The summed E-state index contributed by atoms with van der Waals surface area (Å²) in [4.78, 5) is 9.51. The van der Waals surface area contributed by atoms with E-state index in [4.69, 9.17) is 5.11 Å². The van der Waals surface area contributed by atoms with Crippen molar-refractivity contribution in [1.29, 1.82) is 0 Å². The first-order chi connectivity index (χ1) is 2.77. The Kier molecular flexibility index (Phi) is 10.4. The standard InChI is InChI=1S/C4H6O2.Ba.2H/c1-2-3-4(5)6;;;/h2-3H,1H3,(H,5,6);;;/b3-2+;;;. The first-order valence-electron chi connectivity index (χ1n) is 1.63. The second-order valence-electron chi connectivity index (χ2n) is 0.838. The first-order valence-corrected chi connectivity index (χ1v) is 1.63. The summed E-state index contributed by atoms with van der Waals surface area (Å²) in [7, 11) is 0. The summed E-state index contributed by atoms with van der Waals surface area (Å²) in [6, 6.07) is 0. The van der Waals surface area contributed by atoms with Gasteiger partial charge in [0.25, 0.3) is 0 Å². The van der Waals surface area contributed by atoms with Crippen molar-refractivity contribution in [3.63, 3.8) is 0 Å². The van der Waals surface area contributed by atoms with Crippen LogP contribution in [-0.4, -0.2) is 60.0 Å². The number of aliphatic carboxylic acids is 1. The second-order valence-corrected chi connectivity index (χ2v) is 0.838. The van der Waals surface area contributed by atoms with E-state index in [2.05, 4.69) is 0 Å². The van der Waals surface area contributed by atoms with Crippen LogP contribution in [0.3, 0.4) is 0 Å². The molecule has 0 aliphatic heterocycles. The normalized spacial score (nSPS) is 8.14. The van der Waals surface area contributed by atoms with Crippen LogP contribution in [0.25, 0.3) is 0 Å². The zero-order chi connectivity index (χ0) is 4.99. The van der Waals surface area contributed by atoms with Crippen molar-refractivity contribution in [1.82, 2.24) is 0 Å². The van der Waals surface area contributed by atoms with Crippen LogP contribution in [0.2, 0.25) is 0 Å². The van der Waals surface area contributed by atoms with Crippen molar-refractivity contribution in [3.05, 3.63) is 12.2 Å². The van der Waals surface area contributed by atoms with Gasteiger partial charge in [-0.3, -0.25) is 0 Å². The molecular weight excluding hydrogens is 217 g/mol. The van der Waals surface area contributed by atoms with E-state index in [9.17, 15) is 4.79 Å². The average molecular weight is 225 g/mol. The summed E-state index contributed by atoms with van der Waals surface area (Å²) in [5.41, 5.74) is 0. The molecule has 0 aromatic carbocycles. The van der Waals surface area contributed by atoms with Crippen molar-refractivity contribution in [2.45, 2.75) is 6.92 Å². The van der Waals surface area contributed by atoms with Crippen molar-refractivity contribution in [3.8, 4) is 0 Å². The molecule has 0 rings (SSSR count). The molecule has 0 aromatic heterocycles. The molecule has 0 unspecified atom stereocenters. The summed E-state index contributed by atoms with van der Waals surface area (Å²) in [5, 5.41) is 7.83. The van der Waals surface area contributed by atoms with Gasteiger partial charge < -0.3 is 5.11 Å². The fourth-order valence-corrected chi connectivity index (χ4v) is 0.143. The quantitative estimate of drug-likeness (QED) is 0.493. The summed E-state index contributed by atoms with van der Waals surface area (Å²) >= 11 is 0. The van der Waals surface area contributed by atoms with Crippen LogP contribution in [0.4, 0.5) is 0 Å². The molecule has 0 bridgehead atoms. The topological polar surface area (TPSA) is 37.3 Å². The summed E-state index contributed by atoms with van der Waals surface area (Å²) in [6.45, 7) is 1.66. The molecule has 1 N–H and O–H groups in total. The summed E-state index contributed by atoms with van der Waals surface area (Å²) < 4.78 is 0. The van der Waals surface area contributed by atoms with Crippen molar-refractivity contribution < 1.29 is 9.90 Å². The van der Waals surface area contributed by atoms with E-state index in [-0.39, 0.29) is 48.9 Å². The zero-order valence-electron chi connectivity index (χ0n) is 3.51. The number of hydrogen-bond donors (Lipinski definition) is 1. The number of rotatable bonds is 1. The Morgan fingerprint density at radius 1 is 1.71 bits per heavy atom. The van der Waals surface area contributed by atoms with Gasteiger partial charge in [0.1, 0.15) is 0 Å². The van der Waals surface area contributed by atoms with Gasteiger partial charge in [-0.05, 0) is 6.92 Å². The predicted molar refractivity (Wildman–Crippen MR) is 31.0 cm³/mol. The molecule has 0 amide bonds. The van der Waals surface area contributed by atoms with Gasteiger partial charge in [0.05, 0.1) is 0 Å². The fraction of sp³-hybridized carbons (Fsp3) is 0.250. The predicted octanol–water partition coefficient (Wildman–Crippen LogP) is -0.269. The molecule has 2 nitrogen and oxygen atoms in total. The average Bonchev–Trinajstić information content (AvgIpc) is 1.35. The van der Waals surface area contributed by atoms with E-state index in [1.807, 2.05) is 0 Å². The van der Waals surface area contributed by atoms with E-state index >= 15 is 0 Å². The minimum atomic E-state index is -0.891. The van der Waals surface area contributed by atoms with Crippen LogP contribution in [0.15, 0.2) is 12.2 Å². The van der Waals surface area contributed by atoms with Gasteiger partial charge in [0.2, 0.25) is 0 Å². The third-order valence-electron chi connectivity index (χ3n) is 0.309. The maximum absolute atomic E-state index is 9.51. The number of carboxylic acids is 1. The van der Waals surface area contributed by atoms with Crippen LogP contribution >= 0.6 is 0 Å². The molecule has 0 fully saturated rings. The molecule has 0 radical (unpaired) electrons. The Balaban J connectivity index is 0. The molecule has 38 valence electrons. The van der Waals surface area contributed by atoms with Crippen LogP contribution in [-0.2, 0) is 4.79 Å². The summed E-state index contributed by atoms with van der Waals surface area (Å²) in [6.07, 6.45) is 2.56. The SMILES string of the molecule is C/C=C/C(=O)O.[BaH2]. The van der Waals surface area contributed by atoms with Crippen molar-refractivity contribution >= 4 is 54.9 Å². The zero-order valence-corrected chi connectivity index (χ0v) is 3.51. The molecule has 0 saturated heterocycles. The Labute approximate surface area is 82.7 Å². The molecule has 0 aromatic rings. The van der Waals surface area contributed by atoms with Crippen molar-refractivity contribution in [2.75, 3.05) is 0 Å². The van der Waals surface area contributed by atoms with Gasteiger partial charge in [0, 0.05) is 6.08 Å². The Hall–Kier alpha value is 0.781. The van der Waals surface area contributed by atoms with Gasteiger partial charge in [-0.2, -0.15) is 0 Å². The second kappa shape index (κ2) is 6.78. The minimum absolute atomic E-state index is 0. The van der Waals surface area contributed by atoms with Crippen LogP contribution in [0, 0.1) is 0 Å². The Morgan fingerprint density at radius 3 is 2.14 bits per heavy atom. The molecule has 0 spiro atoms. The summed E-state index contributed by atoms with van der Waals surface area (Å²) in [5.74, 6) is -0.891. The van der Waals surface area contributed by atoms with E-state index in [0.717, 1.165) is 6.08 Å². The van der Waals surface area contributed by atoms with E-state index in [0.29, 0.717) is 0 Å². The number of carboxylic acid groups (broad SMARTS) is 1. The van der Waals surface area contributed by atoms with E-state index < -0.39 is 5.97 Å². The maximum atomic E-state index is 9.51. The molecule has 0 heterocycles. The van der Waals surface area contributed by atoms with Gasteiger partial charge in [0.15, 0.2) is 0 Å². The Morgan fingerprint density at radius 2 is 2.14 bits per heavy atom. The number of carbonyl (C=O) groups is 1. The van der Waals surface area contributed by atoms with Crippen LogP contribution in [0.5, 0.6) is 0 Å². The molecular formula is C4H8BaO2. The van der Waals surface area contributed by atoms with Gasteiger partial charge in [-0.25, -0.2) is 4.79 Å². The van der Waals surface area contributed by atoms with Crippen molar-refractivity contribution in [2.24, 2.45) is 0 Å². The number of hydrogen-bond acceptors (Lipinski definition) is 1.